The van der Waals surface area contributed by atoms with Gasteiger partial charge in [-0.25, -0.2) is 9.18 Å². The van der Waals surface area contributed by atoms with Crippen LogP contribution in [-0.4, -0.2) is 30.9 Å². The third-order valence-electron chi connectivity index (χ3n) is 3.97. The zero-order valence-corrected chi connectivity index (χ0v) is 14.8. The molecule has 0 bridgehead atoms. The first-order valence-electron chi connectivity index (χ1n) is 8.36. The molecule has 2 rings (SSSR count). The lowest BCUT2D eigenvalue weighted by molar-refractivity contribution is 0.0492. The van der Waals surface area contributed by atoms with Crippen LogP contribution in [0.2, 0.25) is 0 Å². The molecule has 1 aromatic rings. The van der Waals surface area contributed by atoms with Gasteiger partial charge in [-0.3, -0.25) is 0 Å². The number of carbonyl (C=O) groups excluding carboxylic acids is 1. The first kappa shape index (κ1) is 18.4. The molecule has 1 amide bonds. The van der Waals surface area contributed by atoms with Gasteiger partial charge in [-0.05, 0) is 58.6 Å². The maximum absolute atomic E-state index is 13.4. The number of methoxy groups -OCH3 is 1. The fraction of sp³-hybridized carbons (Fsp3) is 0.611. The van der Waals surface area contributed by atoms with Crippen molar-refractivity contribution in [2.24, 2.45) is 0 Å². The first-order chi connectivity index (χ1) is 11.3. The van der Waals surface area contributed by atoms with Crippen LogP contribution in [0.5, 0.6) is 5.75 Å². The van der Waals surface area contributed by atoms with Crippen LogP contribution in [0.15, 0.2) is 18.2 Å². The van der Waals surface area contributed by atoms with Crippen LogP contribution in [0.3, 0.4) is 0 Å². The third kappa shape index (κ3) is 5.58. The third-order valence-corrected chi connectivity index (χ3v) is 3.97. The summed E-state index contributed by atoms with van der Waals surface area (Å²) in [6, 6.07) is 5.22. The normalized spacial score (nSPS) is 21.0. The fourth-order valence-corrected chi connectivity index (χ4v) is 2.84. The second-order valence-electron chi connectivity index (χ2n) is 7.19. The summed E-state index contributed by atoms with van der Waals surface area (Å²) in [5.41, 5.74) is 0.363. The van der Waals surface area contributed by atoms with Crippen LogP contribution in [-0.2, 0) is 4.74 Å². The average Bonchev–Trinajstić information content (AvgIpc) is 2.49. The Hall–Kier alpha value is -1.98. The van der Waals surface area contributed by atoms with E-state index in [-0.39, 0.29) is 23.7 Å². The Morgan fingerprint density at radius 2 is 1.79 bits per heavy atom. The largest absolute Gasteiger partial charge is 0.494 e. The molecule has 134 valence electrons. The van der Waals surface area contributed by atoms with Gasteiger partial charge in [-0.15, -0.1) is 0 Å². The Bertz CT molecular complexity index is 564. The molecule has 0 atom stereocenters. The molecule has 0 heterocycles. The van der Waals surface area contributed by atoms with Crippen LogP contribution < -0.4 is 15.4 Å². The number of anilines is 1. The fourth-order valence-electron chi connectivity index (χ4n) is 2.84. The number of nitrogens with one attached hydrogen (secondary N) is 2. The number of alkyl carbamates (subject to hydrolysis) is 1. The molecule has 0 aromatic heterocycles. The minimum atomic E-state index is -0.482. The van der Waals surface area contributed by atoms with Crippen LogP contribution in [0.4, 0.5) is 14.9 Å². The van der Waals surface area contributed by atoms with E-state index < -0.39 is 5.60 Å². The molecule has 0 spiro atoms. The predicted molar refractivity (Wildman–Crippen MR) is 92.0 cm³/mol. The van der Waals surface area contributed by atoms with Crippen LogP contribution in [0, 0.1) is 5.82 Å². The minimum Gasteiger partial charge on any atom is -0.494 e. The molecule has 6 heteroatoms. The molecule has 0 saturated heterocycles. The summed E-state index contributed by atoms with van der Waals surface area (Å²) in [5.74, 6) is -0.131. The second-order valence-corrected chi connectivity index (χ2v) is 7.19. The van der Waals surface area contributed by atoms with Gasteiger partial charge in [0.1, 0.15) is 5.60 Å². The minimum absolute atomic E-state index is 0.139. The molecule has 2 N–H and O–H groups in total. The lowest BCUT2D eigenvalue weighted by Crippen LogP contribution is -2.42. The van der Waals surface area contributed by atoms with Crippen molar-refractivity contribution in [1.29, 1.82) is 0 Å². The molecule has 1 aliphatic rings. The average molecular weight is 338 g/mol. The van der Waals surface area contributed by atoms with Crippen molar-refractivity contribution in [3.05, 3.63) is 24.0 Å². The highest BCUT2D eigenvalue weighted by Crippen LogP contribution is 2.26. The smallest absolute Gasteiger partial charge is 0.407 e. The van der Waals surface area contributed by atoms with E-state index in [2.05, 4.69) is 10.6 Å². The van der Waals surface area contributed by atoms with Gasteiger partial charge in [-0.2, -0.15) is 0 Å². The Kier molecular flexibility index (Phi) is 5.91. The Balaban J connectivity index is 1.79. The molecule has 24 heavy (non-hydrogen) atoms. The standard InChI is InChI=1S/C18H27FN2O3/c1-18(2,3)24-17(22)21-13-7-5-12(6-8-13)20-14-9-10-15(19)16(11-14)23-4/h9-13,20H,5-8H2,1-4H3,(H,21,22). The van der Waals surface area contributed by atoms with Gasteiger partial charge in [0, 0.05) is 23.8 Å². The highest BCUT2D eigenvalue weighted by molar-refractivity contribution is 5.68. The molecule has 1 aromatic carbocycles. The number of ether oxygens (including phenoxy) is 2. The van der Waals surface area contributed by atoms with Crippen molar-refractivity contribution in [2.45, 2.75) is 64.1 Å². The van der Waals surface area contributed by atoms with Gasteiger partial charge in [-0.1, -0.05) is 0 Å². The SMILES string of the molecule is COc1cc(NC2CCC(NC(=O)OC(C)(C)C)CC2)ccc1F. The van der Waals surface area contributed by atoms with E-state index in [1.807, 2.05) is 20.8 Å². The zero-order valence-electron chi connectivity index (χ0n) is 14.8. The van der Waals surface area contributed by atoms with Crippen molar-refractivity contribution in [3.63, 3.8) is 0 Å². The van der Waals surface area contributed by atoms with Crippen molar-refractivity contribution in [3.8, 4) is 5.75 Å². The predicted octanol–water partition coefficient (Wildman–Crippen LogP) is 4.08. The summed E-state index contributed by atoms with van der Waals surface area (Å²) in [6.45, 7) is 5.55. The highest BCUT2D eigenvalue weighted by atomic mass is 19.1. The molecular weight excluding hydrogens is 311 g/mol. The topological polar surface area (TPSA) is 59.6 Å². The summed E-state index contributed by atoms with van der Waals surface area (Å²) in [6.07, 6.45) is 3.27. The zero-order chi connectivity index (χ0) is 17.7. The highest BCUT2D eigenvalue weighted by Gasteiger charge is 2.24. The van der Waals surface area contributed by atoms with E-state index in [1.165, 1.54) is 13.2 Å². The van der Waals surface area contributed by atoms with Gasteiger partial charge >= 0.3 is 6.09 Å². The van der Waals surface area contributed by atoms with Gasteiger partial charge in [0.15, 0.2) is 11.6 Å². The number of rotatable bonds is 4. The second kappa shape index (κ2) is 7.73. The first-order valence-corrected chi connectivity index (χ1v) is 8.36. The molecule has 1 fully saturated rings. The quantitative estimate of drug-likeness (QED) is 0.868. The van der Waals surface area contributed by atoms with E-state index in [9.17, 15) is 9.18 Å². The summed E-state index contributed by atoms with van der Waals surface area (Å²) < 4.78 is 23.7. The maximum Gasteiger partial charge on any atom is 0.407 e. The number of carbonyl (C=O) groups is 1. The summed E-state index contributed by atoms with van der Waals surface area (Å²) in [4.78, 5) is 11.8. The number of benzene rings is 1. The van der Waals surface area contributed by atoms with Crippen LogP contribution in [0.1, 0.15) is 46.5 Å². The van der Waals surface area contributed by atoms with E-state index in [0.717, 1.165) is 31.4 Å². The lowest BCUT2D eigenvalue weighted by Gasteiger charge is -2.31. The van der Waals surface area contributed by atoms with Crippen molar-refractivity contribution < 1.29 is 18.7 Å². The van der Waals surface area contributed by atoms with Gasteiger partial charge in [0.25, 0.3) is 0 Å². The summed E-state index contributed by atoms with van der Waals surface area (Å²) in [5, 5.41) is 6.33. The molecule has 0 aliphatic heterocycles. The molecule has 0 unspecified atom stereocenters. The lowest BCUT2D eigenvalue weighted by atomic mass is 9.91. The van der Waals surface area contributed by atoms with Crippen molar-refractivity contribution >= 4 is 11.8 Å². The molecule has 0 radical (unpaired) electrons. The molecule has 5 nitrogen and oxygen atoms in total. The Morgan fingerprint density at radius 3 is 2.38 bits per heavy atom. The van der Waals surface area contributed by atoms with Gasteiger partial charge < -0.3 is 20.1 Å². The number of hydrogen-bond donors (Lipinski definition) is 2. The number of halogens is 1. The Labute approximate surface area is 142 Å². The van der Waals surface area contributed by atoms with E-state index in [1.54, 1.807) is 12.1 Å². The van der Waals surface area contributed by atoms with E-state index >= 15 is 0 Å². The van der Waals surface area contributed by atoms with Crippen LogP contribution in [0.25, 0.3) is 0 Å². The van der Waals surface area contributed by atoms with Crippen molar-refractivity contribution in [2.75, 3.05) is 12.4 Å². The maximum atomic E-state index is 13.4. The van der Waals surface area contributed by atoms with E-state index in [4.69, 9.17) is 9.47 Å². The van der Waals surface area contributed by atoms with Crippen molar-refractivity contribution in [1.82, 2.24) is 5.32 Å². The monoisotopic (exact) mass is 338 g/mol. The summed E-state index contributed by atoms with van der Waals surface area (Å²) in [7, 11) is 1.45. The van der Waals surface area contributed by atoms with Gasteiger partial charge in [0.2, 0.25) is 0 Å². The Morgan fingerprint density at radius 1 is 1.17 bits per heavy atom. The molecular formula is C18H27FN2O3. The molecule has 1 saturated carbocycles. The number of amides is 1. The van der Waals surface area contributed by atoms with Crippen LogP contribution >= 0.6 is 0 Å². The number of hydrogen-bond acceptors (Lipinski definition) is 4. The molecule has 1 aliphatic carbocycles. The van der Waals surface area contributed by atoms with Gasteiger partial charge in [0.05, 0.1) is 7.11 Å². The summed E-state index contributed by atoms with van der Waals surface area (Å²) >= 11 is 0. The van der Waals surface area contributed by atoms with E-state index in [0.29, 0.717) is 6.04 Å².